The summed E-state index contributed by atoms with van der Waals surface area (Å²) in [6.45, 7) is 0. The molecule has 0 unspecified atom stereocenters. The molecule has 0 spiro atoms. The molecule has 0 fully saturated rings. The van der Waals surface area contributed by atoms with E-state index in [1.54, 1.807) is 0 Å². The maximum atomic E-state index is 2.43. The maximum absolute atomic E-state index is 2.43. The largest absolute Gasteiger partial charge is 0.310 e. The van der Waals surface area contributed by atoms with Crippen LogP contribution in [0.5, 0.6) is 0 Å². The zero-order valence-corrected chi connectivity index (χ0v) is 37.3. The first-order chi connectivity index (χ1) is 33.8. The van der Waals surface area contributed by atoms with E-state index in [1.807, 2.05) is 0 Å². The first-order valence-electron chi connectivity index (χ1n) is 23.4. The average Bonchev–Trinajstić information content (AvgIpc) is 3.76. The van der Waals surface area contributed by atoms with Crippen LogP contribution in [0.25, 0.3) is 104 Å². The van der Waals surface area contributed by atoms with E-state index in [1.165, 1.54) is 93.1 Å². The number of hydrogen-bond donors (Lipinski definition) is 0. The minimum absolute atomic E-state index is 1.09. The van der Waals surface area contributed by atoms with Crippen molar-refractivity contribution >= 4 is 71.2 Å². The summed E-state index contributed by atoms with van der Waals surface area (Å²) in [6.07, 6.45) is 0. The summed E-state index contributed by atoms with van der Waals surface area (Å²) in [4.78, 5) is 2.43. The molecule has 0 radical (unpaired) electrons. The van der Waals surface area contributed by atoms with Crippen LogP contribution in [0, 0.1) is 0 Å². The zero-order chi connectivity index (χ0) is 45.0. The van der Waals surface area contributed by atoms with Crippen molar-refractivity contribution in [1.29, 1.82) is 0 Å². The van der Waals surface area contributed by atoms with E-state index in [-0.39, 0.29) is 0 Å². The first kappa shape index (κ1) is 39.4. The van der Waals surface area contributed by atoms with E-state index >= 15 is 0 Å². The summed E-state index contributed by atoms with van der Waals surface area (Å²) in [6, 6.07) is 97.5. The molecule has 0 aliphatic heterocycles. The van der Waals surface area contributed by atoms with Gasteiger partial charge in [-0.25, -0.2) is 0 Å². The maximum Gasteiger partial charge on any atom is 0.0547 e. The van der Waals surface area contributed by atoms with Crippen LogP contribution in [-0.4, -0.2) is 4.57 Å². The van der Waals surface area contributed by atoms with Crippen molar-refractivity contribution in [2.75, 3.05) is 4.90 Å². The second-order valence-electron chi connectivity index (χ2n) is 17.6. The number of anilines is 3. The van der Waals surface area contributed by atoms with Gasteiger partial charge in [0.05, 0.1) is 16.7 Å². The highest BCUT2D eigenvalue weighted by molar-refractivity contribution is 6.22. The number of nitrogens with zero attached hydrogens (tertiary/aromatic N) is 2. The molecule has 318 valence electrons. The number of fused-ring (bicyclic) bond motifs is 7. The van der Waals surface area contributed by atoms with E-state index < -0.39 is 0 Å². The first-order valence-corrected chi connectivity index (χ1v) is 23.4. The lowest BCUT2D eigenvalue weighted by atomic mass is 9.84. The van der Waals surface area contributed by atoms with Crippen LogP contribution in [0.3, 0.4) is 0 Å². The Hall–Kier alpha value is -8.98. The van der Waals surface area contributed by atoms with Gasteiger partial charge < -0.3 is 9.47 Å². The molecule has 0 saturated carbocycles. The van der Waals surface area contributed by atoms with E-state index in [0.717, 1.165) is 28.3 Å². The predicted octanol–water partition coefficient (Wildman–Crippen LogP) is 18.4. The van der Waals surface area contributed by atoms with Gasteiger partial charge in [0.2, 0.25) is 0 Å². The molecule has 0 atom stereocenters. The molecule has 12 aromatic carbocycles. The second kappa shape index (κ2) is 16.5. The lowest BCUT2D eigenvalue weighted by Crippen LogP contribution is -2.10. The van der Waals surface area contributed by atoms with Gasteiger partial charge in [0.1, 0.15) is 0 Å². The van der Waals surface area contributed by atoms with Crippen LogP contribution < -0.4 is 4.90 Å². The Morgan fingerprint density at radius 1 is 0.279 bits per heavy atom. The number of rotatable bonds is 8. The molecular formula is C66H44N2. The standard InChI is InChI=1S/C66H44N2/c1-4-20-47(21-5-1)64-58-31-13-12-30-56(58)57-42-39-50(44-60(57)65(64)48-22-6-2-7-23-48)49-25-16-28-53(43-49)67(61-35-17-24-45-19-10-11-29-54(45)61)52-40-37-46(38-41-52)55-33-18-36-63-66(55)59-32-14-15-34-62(59)68(63)51-26-8-3-9-27-51/h1-44H. The lowest BCUT2D eigenvalue weighted by molar-refractivity contribution is 1.18. The van der Waals surface area contributed by atoms with Crippen molar-refractivity contribution in [2.45, 2.75) is 0 Å². The molecular weight excluding hydrogens is 821 g/mol. The monoisotopic (exact) mass is 864 g/mol. The van der Waals surface area contributed by atoms with Crippen LogP contribution in [0.1, 0.15) is 0 Å². The van der Waals surface area contributed by atoms with Gasteiger partial charge in [-0.05, 0) is 132 Å². The Morgan fingerprint density at radius 3 is 1.57 bits per heavy atom. The Kier molecular flexibility index (Phi) is 9.54. The van der Waals surface area contributed by atoms with Crippen LogP contribution in [0.4, 0.5) is 17.1 Å². The summed E-state index contributed by atoms with van der Waals surface area (Å²) in [5, 5.41) is 9.90. The molecule has 0 N–H and O–H groups in total. The van der Waals surface area contributed by atoms with E-state index in [2.05, 4.69) is 276 Å². The molecule has 0 aliphatic carbocycles. The molecule has 2 heteroatoms. The number of aromatic nitrogens is 1. The van der Waals surface area contributed by atoms with E-state index in [0.29, 0.717) is 0 Å². The molecule has 1 aromatic heterocycles. The molecule has 13 aromatic rings. The predicted molar refractivity (Wildman–Crippen MR) is 290 cm³/mol. The fraction of sp³-hybridized carbons (Fsp3) is 0. The molecule has 1 heterocycles. The Bertz CT molecular complexity index is 4000. The van der Waals surface area contributed by atoms with Crippen molar-refractivity contribution in [1.82, 2.24) is 4.57 Å². The lowest BCUT2D eigenvalue weighted by Gasteiger charge is -2.27. The molecule has 13 rings (SSSR count). The number of benzene rings is 12. The fourth-order valence-corrected chi connectivity index (χ4v) is 10.7. The normalized spacial score (nSPS) is 11.5. The molecule has 0 aliphatic rings. The van der Waals surface area contributed by atoms with E-state index in [4.69, 9.17) is 0 Å². The zero-order valence-electron chi connectivity index (χ0n) is 37.3. The number of hydrogen-bond acceptors (Lipinski definition) is 1. The van der Waals surface area contributed by atoms with Crippen molar-refractivity contribution in [2.24, 2.45) is 0 Å². The van der Waals surface area contributed by atoms with Gasteiger partial charge >= 0.3 is 0 Å². The number of para-hydroxylation sites is 2. The van der Waals surface area contributed by atoms with Gasteiger partial charge in [0.15, 0.2) is 0 Å². The van der Waals surface area contributed by atoms with Gasteiger partial charge in [-0.15, -0.1) is 0 Å². The van der Waals surface area contributed by atoms with Gasteiger partial charge in [0.25, 0.3) is 0 Å². The SMILES string of the molecule is c1ccc(-c2c(-c3ccccc3)c3cc(-c4cccc(N(c5ccc(-c6cccc7c6c6ccccc6n7-c6ccccc6)cc5)c5cccc6ccccc56)c4)ccc3c3ccccc23)cc1. The average molecular weight is 865 g/mol. The van der Waals surface area contributed by atoms with Gasteiger partial charge in [-0.2, -0.15) is 0 Å². The molecule has 0 saturated heterocycles. The highest BCUT2D eigenvalue weighted by atomic mass is 15.1. The van der Waals surface area contributed by atoms with Crippen molar-refractivity contribution in [3.63, 3.8) is 0 Å². The second-order valence-corrected chi connectivity index (χ2v) is 17.6. The third-order valence-corrected chi connectivity index (χ3v) is 13.7. The fourth-order valence-electron chi connectivity index (χ4n) is 10.7. The van der Waals surface area contributed by atoms with Crippen molar-refractivity contribution in [3.8, 4) is 50.2 Å². The Morgan fingerprint density at radius 2 is 0.809 bits per heavy atom. The van der Waals surface area contributed by atoms with Gasteiger partial charge in [-0.3, -0.25) is 0 Å². The van der Waals surface area contributed by atoms with Crippen molar-refractivity contribution in [3.05, 3.63) is 267 Å². The molecule has 0 amide bonds. The Labute approximate surface area is 395 Å². The summed E-state index contributed by atoms with van der Waals surface area (Å²) >= 11 is 0. The van der Waals surface area contributed by atoms with Crippen LogP contribution in [-0.2, 0) is 0 Å². The quantitative estimate of drug-likeness (QED) is 0.138. The molecule has 2 nitrogen and oxygen atoms in total. The van der Waals surface area contributed by atoms with Crippen LogP contribution >= 0.6 is 0 Å². The van der Waals surface area contributed by atoms with Gasteiger partial charge in [0, 0.05) is 33.2 Å². The molecule has 68 heavy (non-hydrogen) atoms. The van der Waals surface area contributed by atoms with Gasteiger partial charge in [-0.1, -0.05) is 206 Å². The smallest absolute Gasteiger partial charge is 0.0547 e. The van der Waals surface area contributed by atoms with Crippen molar-refractivity contribution < 1.29 is 0 Å². The summed E-state index contributed by atoms with van der Waals surface area (Å²) in [7, 11) is 0. The minimum atomic E-state index is 1.09. The third-order valence-electron chi connectivity index (χ3n) is 13.7. The highest BCUT2D eigenvalue weighted by Gasteiger charge is 2.21. The Balaban J connectivity index is 0.977. The topological polar surface area (TPSA) is 8.17 Å². The minimum Gasteiger partial charge on any atom is -0.310 e. The summed E-state index contributed by atoms with van der Waals surface area (Å²) in [5.41, 5.74) is 16.5. The molecule has 0 bridgehead atoms. The van der Waals surface area contributed by atoms with Crippen LogP contribution in [0.2, 0.25) is 0 Å². The third kappa shape index (κ3) is 6.57. The summed E-state index contributed by atoms with van der Waals surface area (Å²) in [5.74, 6) is 0. The summed E-state index contributed by atoms with van der Waals surface area (Å²) < 4.78 is 2.39. The van der Waals surface area contributed by atoms with Crippen LogP contribution in [0.15, 0.2) is 267 Å². The van der Waals surface area contributed by atoms with E-state index in [9.17, 15) is 0 Å². The highest BCUT2D eigenvalue weighted by Crippen LogP contribution is 2.47.